The van der Waals surface area contributed by atoms with E-state index in [-0.39, 0.29) is 0 Å². The fourth-order valence-corrected chi connectivity index (χ4v) is 4.00. The van der Waals surface area contributed by atoms with Gasteiger partial charge in [-0.25, -0.2) is 4.98 Å². The van der Waals surface area contributed by atoms with Crippen molar-refractivity contribution in [3.8, 4) is 0 Å². The summed E-state index contributed by atoms with van der Waals surface area (Å²) in [6.07, 6.45) is 8.66. The molecule has 0 saturated heterocycles. The number of fused-ring (bicyclic) bond motifs is 1. The molecule has 2 aromatic carbocycles. The number of aryl methyl sites for hydroxylation is 2. The first-order valence-electron chi connectivity index (χ1n) is 10.8. The molecule has 0 bridgehead atoms. The Kier molecular flexibility index (Phi) is 6.08. The molecule has 4 nitrogen and oxygen atoms in total. The van der Waals surface area contributed by atoms with Gasteiger partial charge in [-0.15, -0.1) is 0 Å². The summed E-state index contributed by atoms with van der Waals surface area (Å²) in [5, 5.41) is 0. The van der Waals surface area contributed by atoms with Gasteiger partial charge in [0.05, 0.1) is 23.3 Å². The highest BCUT2D eigenvalue weighted by atomic mass is 15.0. The van der Waals surface area contributed by atoms with Gasteiger partial charge in [0.2, 0.25) is 0 Å². The number of nitrogens with zero attached hydrogens (tertiary/aromatic N) is 4. The van der Waals surface area contributed by atoms with Crippen LogP contribution in [0.1, 0.15) is 47.5 Å². The van der Waals surface area contributed by atoms with Crippen molar-refractivity contribution in [3.63, 3.8) is 0 Å². The first kappa shape index (κ1) is 20.7. The van der Waals surface area contributed by atoms with Crippen LogP contribution in [0, 0.1) is 13.8 Å². The lowest BCUT2D eigenvalue weighted by Crippen LogP contribution is -2.08. The van der Waals surface area contributed by atoms with Crippen molar-refractivity contribution in [1.82, 2.24) is 14.4 Å². The second-order valence-electron chi connectivity index (χ2n) is 7.77. The minimum Gasteiger partial charge on any atom is -0.297 e. The van der Waals surface area contributed by atoms with Gasteiger partial charge in [0, 0.05) is 36.5 Å². The van der Waals surface area contributed by atoms with Gasteiger partial charge >= 0.3 is 0 Å². The van der Waals surface area contributed by atoms with Gasteiger partial charge in [-0.3, -0.25) is 14.4 Å². The van der Waals surface area contributed by atoms with Gasteiger partial charge in [0.15, 0.2) is 5.65 Å². The van der Waals surface area contributed by atoms with E-state index in [1.807, 2.05) is 18.6 Å². The summed E-state index contributed by atoms with van der Waals surface area (Å²) in [6.45, 7) is 9.08. The molecule has 0 aliphatic heterocycles. The zero-order valence-corrected chi connectivity index (χ0v) is 18.6. The van der Waals surface area contributed by atoms with Crippen molar-refractivity contribution in [1.29, 1.82) is 0 Å². The lowest BCUT2D eigenvalue weighted by molar-refractivity contribution is 1.01. The van der Waals surface area contributed by atoms with Gasteiger partial charge in [-0.05, 0) is 39.3 Å². The quantitative estimate of drug-likeness (QED) is 0.376. The Hall–Kier alpha value is -3.53. The Balaban J connectivity index is 1.79. The summed E-state index contributed by atoms with van der Waals surface area (Å²) in [4.78, 5) is 14.3. The van der Waals surface area contributed by atoms with Crippen LogP contribution in [-0.2, 0) is 6.42 Å². The fraction of sp³-hybridized carbons (Fsp3) is 0.222. The van der Waals surface area contributed by atoms with Crippen LogP contribution in [0.3, 0.4) is 0 Å². The van der Waals surface area contributed by atoms with Crippen LogP contribution in [0.25, 0.3) is 11.2 Å². The van der Waals surface area contributed by atoms with Gasteiger partial charge in [0.25, 0.3) is 0 Å². The van der Waals surface area contributed by atoms with E-state index in [0.29, 0.717) is 0 Å². The number of benzene rings is 2. The Morgan fingerprint density at radius 3 is 2.52 bits per heavy atom. The maximum absolute atomic E-state index is 4.86. The smallest absolute Gasteiger partial charge is 0.159 e. The van der Waals surface area contributed by atoms with Crippen LogP contribution in [-0.4, -0.2) is 26.6 Å². The molecule has 4 aromatic rings. The van der Waals surface area contributed by atoms with Crippen LogP contribution in [0.2, 0.25) is 0 Å². The number of imidazole rings is 1. The summed E-state index contributed by atoms with van der Waals surface area (Å²) in [7, 11) is 0. The molecule has 0 unspecified atom stereocenters. The van der Waals surface area contributed by atoms with E-state index < -0.39 is 0 Å². The van der Waals surface area contributed by atoms with Crippen LogP contribution in [0.5, 0.6) is 0 Å². The van der Waals surface area contributed by atoms with E-state index >= 15 is 0 Å². The molecule has 0 spiro atoms. The number of aromatic nitrogens is 3. The van der Waals surface area contributed by atoms with Crippen molar-refractivity contribution in [3.05, 3.63) is 107 Å². The number of hydrogen-bond acceptors (Lipinski definition) is 3. The van der Waals surface area contributed by atoms with Crippen LogP contribution in [0.15, 0.2) is 78.2 Å². The third-order valence-corrected chi connectivity index (χ3v) is 5.38. The third-order valence-electron chi connectivity index (χ3n) is 5.38. The first-order chi connectivity index (χ1) is 15.1. The number of allylic oxidation sites excluding steroid dienone is 2. The number of aliphatic imine (C=N–C) groups is 1. The third kappa shape index (κ3) is 4.33. The maximum Gasteiger partial charge on any atom is 0.159 e. The molecule has 156 valence electrons. The normalized spacial score (nSPS) is 12.5. The Morgan fingerprint density at radius 2 is 1.81 bits per heavy atom. The lowest BCUT2D eigenvalue weighted by atomic mass is 9.98. The molecule has 0 amide bonds. The second kappa shape index (κ2) is 9.09. The van der Waals surface area contributed by atoms with Crippen molar-refractivity contribution in [2.24, 2.45) is 4.99 Å². The predicted octanol–water partition coefficient (Wildman–Crippen LogP) is 5.85. The van der Waals surface area contributed by atoms with Crippen molar-refractivity contribution >= 4 is 16.9 Å². The van der Waals surface area contributed by atoms with Crippen LogP contribution < -0.4 is 0 Å². The van der Waals surface area contributed by atoms with Gasteiger partial charge in [-0.2, -0.15) is 0 Å². The summed E-state index contributed by atoms with van der Waals surface area (Å²) in [6, 6.07) is 17.1. The van der Waals surface area contributed by atoms with Gasteiger partial charge < -0.3 is 0 Å². The fourth-order valence-electron chi connectivity index (χ4n) is 4.00. The maximum atomic E-state index is 4.86. The summed E-state index contributed by atoms with van der Waals surface area (Å²) in [5.41, 5.74) is 9.79. The van der Waals surface area contributed by atoms with Crippen LogP contribution >= 0.6 is 0 Å². The van der Waals surface area contributed by atoms with E-state index in [1.165, 1.54) is 16.7 Å². The first-order valence-corrected chi connectivity index (χ1v) is 10.8. The predicted molar refractivity (Wildman–Crippen MR) is 129 cm³/mol. The molecule has 4 rings (SSSR count). The largest absolute Gasteiger partial charge is 0.297 e. The SMILES string of the molecule is C/C=C(\C(=NCC)c1cccc(C)c1)c1cnc2c(Cc3cccc(C)c3)nccn12. The zero-order chi connectivity index (χ0) is 21.8. The molecule has 0 aliphatic carbocycles. The van der Waals surface area contributed by atoms with E-state index in [2.05, 4.69) is 91.7 Å². The standard InChI is InChI=1S/C27H28N4/c1-5-23(26(28-6-2)22-12-8-10-20(4)16-22)25-18-30-27-24(29-13-14-31(25)27)17-21-11-7-9-19(3)15-21/h5,7-16,18H,6,17H2,1-4H3/b23-5-,28-26?. The van der Waals surface area contributed by atoms with Gasteiger partial charge in [0.1, 0.15) is 0 Å². The minimum atomic E-state index is 0.720. The molecular formula is C27H28N4. The second-order valence-corrected chi connectivity index (χ2v) is 7.77. The molecule has 0 N–H and O–H groups in total. The monoisotopic (exact) mass is 408 g/mol. The molecule has 0 atom stereocenters. The highest BCUT2D eigenvalue weighted by molar-refractivity contribution is 6.31. The Labute approximate surface area is 184 Å². The molecule has 2 aromatic heterocycles. The molecule has 4 heteroatoms. The molecule has 2 heterocycles. The minimum absolute atomic E-state index is 0.720. The van der Waals surface area contributed by atoms with E-state index in [0.717, 1.165) is 46.8 Å². The summed E-state index contributed by atoms with van der Waals surface area (Å²) < 4.78 is 2.13. The molecule has 0 saturated carbocycles. The van der Waals surface area contributed by atoms with Gasteiger partial charge in [-0.1, -0.05) is 59.7 Å². The molecular weight excluding hydrogens is 380 g/mol. The highest BCUT2D eigenvalue weighted by Crippen LogP contribution is 2.24. The van der Waals surface area contributed by atoms with E-state index in [9.17, 15) is 0 Å². The average molecular weight is 409 g/mol. The molecule has 0 radical (unpaired) electrons. The zero-order valence-electron chi connectivity index (χ0n) is 18.6. The summed E-state index contributed by atoms with van der Waals surface area (Å²) in [5.74, 6) is 0. The van der Waals surface area contributed by atoms with Crippen molar-refractivity contribution in [2.45, 2.75) is 34.1 Å². The molecule has 0 fully saturated rings. The number of rotatable bonds is 6. The van der Waals surface area contributed by atoms with Crippen LogP contribution in [0.4, 0.5) is 0 Å². The topological polar surface area (TPSA) is 42.5 Å². The summed E-state index contributed by atoms with van der Waals surface area (Å²) >= 11 is 0. The Bertz CT molecular complexity index is 1280. The highest BCUT2D eigenvalue weighted by Gasteiger charge is 2.17. The lowest BCUT2D eigenvalue weighted by Gasteiger charge is -2.13. The van der Waals surface area contributed by atoms with E-state index in [4.69, 9.17) is 9.98 Å². The van der Waals surface area contributed by atoms with Crippen molar-refractivity contribution in [2.75, 3.05) is 6.54 Å². The molecule has 0 aliphatic rings. The molecule has 31 heavy (non-hydrogen) atoms. The number of hydrogen-bond donors (Lipinski definition) is 0. The average Bonchev–Trinajstić information content (AvgIpc) is 3.19. The Morgan fingerprint density at radius 1 is 1.03 bits per heavy atom. The van der Waals surface area contributed by atoms with E-state index in [1.54, 1.807) is 0 Å². The van der Waals surface area contributed by atoms with Crippen molar-refractivity contribution < 1.29 is 0 Å².